The van der Waals surface area contributed by atoms with Crippen molar-refractivity contribution in [3.63, 3.8) is 0 Å². The summed E-state index contributed by atoms with van der Waals surface area (Å²) in [4.78, 5) is 1.08. The molecule has 0 saturated carbocycles. The highest BCUT2D eigenvalue weighted by Gasteiger charge is 2.03. The first-order valence-corrected chi connectivity index (χ1v) is 6.92. The predicted molar refractivity (Wildman–Crippen MR) is 71.9 cm³/mol. The zero-order valence-electron chi connectivity index (χ0n) is 9.50. The molecule has 2 aromatic carbocycles. The highest BCUT2D eigenvalue weighted by Crippen LogP contribution is 2.24. The molecule has 2 aromatic rings. The second-order valence-electron chi connectivity index (χ2n) is 3.81. The molecule has 0 heterocycles. The summed E-state index contributed by atoms with van der Waals surface area (Å²) in [5.74, 6) is -0.508. The number of alkyl halides is 1. The van der Waals surface area contributed by atoms with Crippen LogP contribution in [0.1, 0.15) is 11.1 Å². The molecule has 0 bridgehead atoms. The minimum absolute atomic E-state index is 0.494. The van der Waals surface area contributed by atoms with E-state index in [2.05, 4.69) is 0 Å². The lowest BCUT2D eigenvalue weighted by Gasteiger charge is -2.03. The molecule has 0 spiro atoms. The number of thioether (sulfide) groups is 1. The molecule has 0 aliphatic carbocycles. The smallest absolute Gasteiger partial charge is 0.159 e. The van der Waals surface area contributed by atoms with Gasteiger partial charge < -0.3 is 0 Å². The predicted octanol–water partition coefficient (Wildman–Crippen LogP) is 5.00. The molecule has 0 saturated heterocycles. The fourth-order valence-electron chi connectivity index (χ4n) is 1.47. The fraction of sp³-hybridized carbons (Fsp3) is 0.143. The van der Waals surface area contributed by atoms with Gasteiger partial charge in [0.2, 0.25) is 0 Å². The van der Waals surface area contributed by atoms with Crippen molar-refractivity contribution in [2.75, 3.05) is 0 Å². The van der Waals surface area contributed by atoms with Crippen LogP contribution in [0.3, 0.4) is 0 Å². The Morgan fingerprint density at radius 3 is 2.17 bits per heavy atom. The zero-order valence-corrected chi connectivity index (χ0v) is 11.1. The van der Waals surface area contributed by atoms with Gasteiger partial charge >= 0.3 is 0 Å². The Hall–Kier alpha value is -1.06. The van der Waals surface area contributed by atoms with E-state index in [4.69, 9.17) is 11.6 Å². The van der Waals surface area contributed by atoms with Crippen molar-refractivity contribution in [3.05, 3.63) is 65.2 Å². The molecule has 2 rings (SSSR count). The maximum atomic E-state index is 13.0. The van der Waals surface area contributed by atoms with Crippen molar-refractivity contribution in [2.24, 2.45) is 0 Å². The van der Waals surface area contributed by atoms with E-state index in [-0.39, 0.29) is 0 Å². The number of halogens is 3. The van der Waals surface area contributed by atoms with Crippen LogP contribution in [0.25, 0.3) is 0 Å². The topological polar surface area (TPSA) is 0 Å². The quantitative estimate of drug-likeness (QED) is 0.563. The number of hydrogen-bond donors (Lipinski definition) is 0. The minimum Gasteiger partial charge on any atom is -0.204 e. The van der Waals surface area contributed by atoms with Crippen molar-refractivity contribution in [1.82, 2.24) is 0 Å². The van der Waals surface area contributed by atoms with Gasteiger partial charge in [0.25, 0.3) is 0 Å². The van der Waals surface area contributed by atoms with Crippen LogP contribution in [0.5, 0.6) is 0 Å². The Bertz CT molecular complexity index is 526. The molecule has 0 amide bonds. The molecular weight excluding hydrogens is 274 g/mol. The zero-order chi connectivity index (χ0) is 13.0. The van der Waals surface area contributed by atoms with Gasteiger partial charge in [0, 0.05) is 16.5 Å². The van der Waals surface area contributed by atoms with E-state index in [1.165, 1.54) is 6.07 Å². The Kier molecular flexibility index (Phi) is 4.61. The third-order valence-corrected chi connectivity index (χ3v) is 3.86. The fourth-order valence-corrected chi connectivity index (χ4v) is 2.49. The number of hydrogen-bond acceptors (Lipinski definition) is 1. The van der Waals surface area contributed by atoms with Crippen molar-refractivity contribution < 1.29 is 8.78 Å². The summed E-state index contributed by atoms with van der Waals surface area (Å²) in [6, 6.07) is 11.8. The second kappa shape index (κ2) is 6.21. The third kappa shape index (κ3) is 3.47. The van der Waals surface area contributed by atoms with Gasteiger partial charge in [-0.15, -0.1) is 23.4 Å². The van der Waals surface area contributed by atoms with Gasteiger partial charge in [-0.3, -0.25) is 0 Å². The lowest BCUT2D eigenvalue weighted by atomic mass is 10.2. The van der Waals surface area contributed by atoms with Crippen molar-refractivity contribution in [1.29, 1.82) is 0 Å². The van der Waals surface area contributed by atoms with Gasteiger partial charge in [0.1, 0.15) is 0 Å². The Morgan fingerprint density at radius 2 is 1.56 bits per heavy atom. The van der Waals surface area contributed by atoms with Crippen LogP contribution in [0, 0.1) is 11.6 Å². The number of benzene rings is 2. The summed E-state index contributed by atoms with van der Waals surface area (Å²) in [5, 5.41) is 0. The van der Waals surface area contributed by atoms with Gasteiger partial charge in [0.05, 0.1) is 0 Å². The molecule has 0 aliphatic heterocycles. The second-order valence-corrected chi connectivity index (χ2v) is 5.13. The molecule has 18 heavy (non-hydrogen) atoms. The van der Waals surface area contributed by atoms with Gasteiger partial charge in [-0.05, 0) is 35.4 Å². The van der Waals surface area contributed by atoms with Gasteiger partial charge in [-0.2, -0.15) is 0 Å². The normalized spacial score (nSPS) is 10.6. The SMILES string of the molecule is Fc1ccc(CSc2ccc(CCl)cc2)cc1F. The Labute approximate surface area is 114 Å². The lowest BCUT2D eigenvalue weighted by molar-refractivity contribution is 0.507. The molecule has 0 atom stereocenters. The summed E-state index contributed by atoms with van der Waals surface area (Å²) in [6.07, 6.45) is 0. The molecular formula is C14H11ClF2S. The van der Waals surface area contributed by atoms with E-state index >= 15 is 0 Å². The summed E-state index contributed by atoms with van der Waals surface area (Å²) in [6.45, 7) is 0. The van der Waals surface area contributed by atoms with Crippen LogP contribution in [-0.4, -0.2) is 0 Å². The first-order chi connectivity index (χ1) is 8.69. The molecule has 0 radical (unpaired) electrons. The average molecular weight is 285 g/mol. The van der Waals surface area contributed by atoms with Crippen molar-refractivity contribution >= 4 is 23.4 Å². The van der Waals surface area contributed by atoms with E-state index in [0.29, 0.717) is 11.6 Å². The van der Waals surface area contributed by atoms with Crippen LogP contribution >= 0.6 is 23.4 Å². The summed E-state index contributed by atoms with van der Waals surface area (Å²) >= 11 is 7.28. The van der Waals surface area contributed by atoms with Gasteiger partial charge in [0.15, 0.2) is 11.6 Å². The summed E-state index contributed by atoms with van der Waals surface area (Å²) in [5.41, 5.74) is 1.83. The minimum atomic E-state index is -0.810. The molecule has 4 heteroatoms. The van der Waals surface area contributed by atoms with E-state index in [1.54, 1.807) is 17.8 Å². The van der Waals surface area contributed by atoms with E-state index < -0.39 is 11.6 Å². The van der Waals surface area contributed by atoms with Crippen LogP contribution in [0.2, 0.25) is 0 Å². The van der Waals surface area contributed by atoms with E-state index in [0.717, 1.165) is 22.1 Å². The summed E-state index contributed by atoms with van der Waals surface area (Å²) < 4.78 is 25.8. The standard InChI is InChI=1S/C14H11ClF2S/c15-8-10-1-4-12(5-2-10)18-9-11-3-6-13(16)14(17)7-11/h1-7H,8-9H2. The Balaban J connectivity index is 1.99. The highest BCUT2D eigenvalue weighted by atomic mass is 35.5. The Morgan fingerprint density at radius 1 is 0.889 bits per heavy atom. The van der Waals surface area contributed by atoms with Crippen LogP contribution in [0.4, 0.5) is 8.78 Å². The first-order valence-electron chi connectivity index (χ1n) is 5.40. The summed E-state index contributed by atoms with van der Waals surface area (Å²) in [7, 11) is 0. The largest absolute Gasteiger partial charge is 0.204 e. The molecule has 0 aromatic heterocycles. The molecule has 0 nitrogen and oxygen atoms in total. The molecule has 0 N–H and O–H groups in total. The monoisotopic (exact) mass is 284 g/mol. The van der Waals surface area contributed by atoms with Gasteiger partial charge in [-0.1, -0.05) is 18.2 Å². The maximum Gasteiger partial charge on any atom is 0.159 e. The van der Waals surface area contributed by atoms with Crippen molar-refractivity contribution in [2.45, 2.75) is 16.5 Å². The van der Waals surface area contributed by atoms with E-state index in [9.17, 15) is 8.78 Å². The van der Waals surface area contributed by atoms with Gasteiger partial charge in [-0.25, -0.2) is 8.78 Å². The molecule has 94 valence electrons. The molecule has 0 fully saturated rings. The van der Waals surface area contributed by atoms with Crippen molar-refractivity contribution in [3.8, 4) is 0 Å². The van der Waals surface area contributed by atoms with Crippen LogP contribution in [-0.2, 0) is 11.6 Å². The first kappa shape index (κ1) is 13.4. The van der Waals surface area contributed by atoms with Crippen LogP contribution in [0.15, 0.2) is 47.4 Å². The number of rotatable bonds is 4. The average Bonchev–Trinajstić information content (AvgIpc) is 2.41. The molecule has 0 unspecified atom stereocenters. The molecule has 0 aliphatic rings. The lowest BCUT2D eigenvalue weighted by Crippen LogP contribution is -1.87. The van der Waals surface area contributed by atoms with Crippen LogP contribution < -0.4 is 0 Å². The maximum absolute atomic E-state index is 13.0. The third-order valence-electron chi connectivity index (χ3n) is 2.47. The van der Waals surface area contributed by atoms with E-state index in [1.807, 2.05) is 24.3 Å². The highest BCUT2D eigenvalue weighted by molar-refractivity contribution is 7.98.